The van der Waals surface area contributed by atoms with E-state index < -0.39 is 0 Å². The predicted octanol–water partition coefficient (Wildman–Crippen LogP) is 3.90. The van der Waals surface area contributed by atoms with Crippen LogP contribution in [0.15, 0.2) is 11.6 Å². The van der Waals surface area contributed by atoms with Crippen LogP contribution in [0.2, 0.25) is 0 Å². The van der Waals surface area contributed by atoms with Gasteiger partial charge in [0.15, 0.2) is 5.78 Å². The van der Waals surface area contributed by atoms with E-state index in [4.69, 9.17) is 0 Å². The first-order chi connectivity index (χ1) is 11.3. The van der Waals surface area contributed by atoms with Gasteiger partial charge in [-0.25, -0.2) is 0 Å². The molecule has 3 heteroatoms. The van der Waals surface area contributed by atoms with Crippen molar-refractivity contribution in [2.45, 2.75) is 65.7 Å². The maximum absolute atomic E-state index is 13.3. The minimum Gasteiger partial charge on any atom is -0.300 e. The maximum atomic E-state index is 13.3. The van der Waals surface area contributed by atoms with Crippen molar-refractivity contribution in [3.8, 4) is 0 Å². The Morgan fingerprint density at radius 1 is 1.12 bits per heavy atom. The van der Waals surface area contributed by atoms with Gasteiger partial charge in [-0.1, -0.05) is 19.4 Å². The Balaban J connectivity index is 1.74. The van der Waals surface area contributed by atoms with E-state index in [2.05, 4.69) is 13.8 Å². The number of rotatable bonds is 1. The monoisotopic (exact) mass is 328 g/mol. The molecule has 4 aliphatic rings. The van der Waals surface area contributed by atoms with Crippen molar-refractivity contribution in [1.82, 2.24) is 0 Å². The lowest BCUT2D eigenvalue weighted by molar-refractivity contribution is -0.148. The average molecular weight is 328 g/mol. The van der Waals surface area contributed by atoms with Crippen LogP contribution in [0.25, 0.3) is 0 Å². The number of carbonyl (C=O) groups excluding carboxylic acids is 3. The van der Waals surface area contributed by atoms with Gasteiger partial charge >= 0.3 is 0 Å². The fourth-order valence-electron chi connectivity index (χ4n) is 7.05. The van der Waals surface area contributed by atoms with Crippen LogP contribution in [0.5, 0.6) is 0 Å². The molecule has 6 atom stereocenters. The second-order valence-corrected chi connectivity index (χ2v) is 9.23. The summed E-state index contributed by atoms with van der Waals surface area (Å²) in [5, 5.41) is 0. The highest BCUT2D eigenvalue weighted by atomic mass is 16.1. The van der Waals surface area contributed by atoms with Crippen LogP contribution < -0.4 is 0 Å². The topological polar surface area (TPSA) is 51.2 Å². The van der Waals surface area contributed by atoms with Crippen molar-refractivity contribution in [3.63, 3.8) is 0 Å². The van der Waals surface area contributed by atoms with E-state index in [1.54, 1.807) is 6.92 Å². The molecular weight excluding hydrogens is 300 g/mol. The number of hydrogen-bond acceptors (Lipinski definition) is 3. The number of Topliss-reactive ketones (excluding diaryl/α,β-unsaturated/α-hetero) is 2. The molecule has 0 amide bonds. The van der Waals surface area contributed by atoms with E-state index in [1.807, 2.05) is 6.08 Å². The highest BCUT2D eigenvalue weighted by Gasteiger charge is 2.62. The molecule has 0 N–H and O–H groups in total. The Labute approximate surface area is 144 Å². The average Bonchev–Trinajstić information content (AvgIpc) is 2.84. The van der Waals surface area contributed by atoms with Gasteiger partial charge in [-0.2, -0.15) is 0 Å². The Morgan fingerprint density at radius 2 is 1.88 bits per heavy atom. The van der Waals surface area contributed by atoms with E-state index in [1.165, 1.54) is 5.57 Å². The lowest BCUT2D eigenvalue weighted by Gasteiger charge is -2.56. The first-order valence-electron chi connectivity index (χ1n) is 9.54. The molecule has 0 spiro atoms. The predicted molar refractivity (Wildman–Crippen MR) is 91.3 cm³/mol. The van der Waals surface area contributed by atoms with Crippen molar-refractivity contribution in [3.05, 3.63) is 11.6 Å². The van der Waals surface area contributed by atoms with Gasteiger partial charge in [0.25, 0.3) is 0 Å². The molecule has 0 aliphatic heterocycles. The molecule has 3 fully saturated rings. The minimum atomic E-state index is -0.133. The van der Waals surface area contributed by atoms with Crippen molar-refractivity contribution in [1.29, 1.82) is 0 Å². The van der Waals surface area contributed by atoms with Gasteiger partial charge in [0.1, 0.15) is 11.6 Å². The molecule has 0 aromatic rings. The highest BCUT2D eigenvalue weighted by Crippen LogP contribution is 2.65. The molecule has 0 unspecified atom stereocenters. The van der Waals surface area contributed by atoms with Gasteiger partial charge in [0.2, 0.25) is 0 Å². The fourth-order valence-corrected chi connectivity index (χ4v) is 7.05. The molecule has 3 nitrogen and oxygen atoms in total. The summed E-state index contributed by atoms with van der Waals surface area (Å²) in [6.07, 6.45) is 7.80. The second-order valence-electron chi connectivity index (χ2n) is 9.23. The SMILES string of the molecule is CC(=O)[C@@H]1CC[C@@H]2[C@H]3CCC4=CC(=O)CC[C@]4(C)[C@@H]3C(=O)C[C@@]21C. The van der Waals surface area contributed by atoms with Gasteiger partial charge in [0.05, 0.1) is 0 Å². The smallest absolute Gasteiger partial charge is 0.155 e. The molecule has 3 saturated carbocycles. The van der Waals surface area contributed by atoms with E-state index in [9.17, 15) is 14.4 Å². The summed E-state index contributed by atoms with van der Waals surface area (Å²) < 4.78 is 0. The Morgan fingerprint density at radius 3 is 2.58 bits per heavy atom. The molecule has 0 heterocycles. The van der Waals surface area contributed by atoms with Crippen LogP contribution in [0.4, 0.5) is 0 Å². The standard InChI is InChI=1S/C21H28O3/c1-12(22)16-6-7-17-15-5-4-13-10-14(23)8-9-20(13,2)19(15)18(24)11-21(16,17)3/h10,15-17,19H,4-9,11H2,1-3H3/t15-,16+,17-,19+,20+,21-/m1/s1. The van der Waals surface area contributed by atoms with Crippen molar-refractivity contribution in [2.24, 2.45) is 34.5 Å². The number of carbonyl (C=O) groups is 3. The van der Waals surface area contributed by atoms with Crippen LogP contribution in [-0.2, 0) is 14.4 Å². The Kier molecular flexibility index (Phi) is 3.47. The van der Waals surface area contributed by atoms with Gasteiger partial charge < -0.3 is 0 Å². The zero-order chi connectivity index (χ0) is 17.3. The van der Waals surface area contributed by atoms with Crippen molar-refractivity contribution >= 4 is 17.3 Å². The molecule has 0 radical (unpaired) electrons. The first kappa shape index (κ1) is 16.2. The van der Waals surface area contributed by atoms with Gasteiger partial charge in [0, 0.05) is 24.7 Å². The molecular formula is C21H28O3. The number of allylic oxidation sites excluding steroid dienone is 1. The number of hydrogen-bond donors (Lipinski definition) is 0. The third kappa shape index (κ3) is 1.99. The van der Waals surface area contributed by atoms with Gasteiger partial charge in [-0.05, 0) is 67.8 Å². The summed E-state index contributed by atoms with van der Waals surface area (Å²) in [6, 6.07) is 0. The normalized spacial score (nSPS) is 47.5. The Hall–Kier alpha value is -1.25. The molecule has 130 valence electrons. The summed E-state index contributed by atoms with van der Waals surface area (Å²) in [7, 11) is 0. The molecule has 4 rings (SSSR count). The van der Waals surface area contributed by atoms with E-state index in [0.29, 0.717) is 30.5 Å². The largest absolute Gasteiger partial charge is 0.300 e. The summed E-state index contributed by atoms with van der Waals surface area (Å²) in [4.78, 5) is 37.3. The second kappa shape index (κ2) is 5.12. The lowest BCUT2D eigenvalue weighted by atomic mass is 9.46. The Bertz CT molecular complexity index is 660. The quantitative estimate of drug-likeness (QED) is 0.733. The molecule has 0 aromatic carbocycles. The van der Waals surface area contributed by atoms with E-state index >= 15 is 0 Å². The van der Waals surface area contributed by atoms with E-state index in [-0.39, 0.29) is 34.2 Å². The zero-order valence-corrected chi connectivity index (χ0v) is 15.1. The van der Waals surface area contributed by atoms with Crippen LogP contribution >= 0.6 is 0 Å². The van der Waals surface area contributed by atoms with Crippen LogP contribution in [0, 0.1) is 34.5 Å². The molecule has 0 aromatic heterocycles. The fraction of sp³-hybridized carbons (Fsp3) is 0.762. The van der Waals surface area contributed by atoms with E-state index in [0.717, 1.165) is 32.1 Å². The van der Waals surface area contributed by atoms with Crippen molar-refractivity contribution < 1.29 is 14.4 Å². The van der Waals surface area contributed by atoms with Gasteiger partial charge in [-0.15, -0.1) is 0 Å². The van der Waals surface area contributed by atoms with Crippen LogP contribution in [0.3, 0.4) is 0 Å². The maximum Gasteiger partial charge on any atom is 0.155 e. The number of ketones is 3. The van der Waals surface area contributed by atoms with Crippen LogP contribution in [-0.4, -0.2) is 17.3 Å². The van der Waals surface area contributed by atoms with Gasteiger partial charge in [-0.3, -0.25) is 14.4 Å². The van der Waals surface area contributed by atoms with Crippen molar-refractivity contribution in [2.75, 3.05) is 0 Å². The summed E-state index contributed by atoms with van der Waals surface area (Å²) >= 11 is 0. The third-order valence-corrected chi connectivity index (χ3v) is 8.14. The number of fused-ring (bicyclic) bond motifs is 5. The lowest BCUT2D eigenvalue weighted by Crippen LogP contribution is -2.55. The molecule has 0 bridgehead atoms. The highest BCUT2D eigenvalue weighted by molar-refractivity contribution is 5.93. The van der Waals surface area contributed by atoms with Crippen LogP contribution in [0.1, 0.15) is 65.7 Å². The summed E-state index contributed by atoms with van der Waals surface area (Å²) in [5.41, 5.74) is 0.966. The molecule has 0 saturated heterocycles. The minimum absolute atomic E-state index is 0.0603. The summed E-state index contributed by atoms with van der Waals surface area (Å²) in [5.74, 6) is 1.86. The zero-order valence-electron chi connectivity index (χ0n) is 15.1. The molecule has 24 heavy (non-hydrogen) atoms. The third-order valence-electron chi connectivity index (χ3n) is 8.14. The molecule has 4 aliphatic carbocycles. The summed E-state index contributed by atoms with van der Waals surface area (Å²) in [6.45, 7) is 6.12. The first-order valence-corrected chi connectivity index (χ1v) is 9.54.